The monoisotopic (exact) mass is 334 g/mol. The van der Waals surface area contributed by atoms with Crippen molar-refractivity contribution in [3.05, 3.63) is 83.2 Å². The molecule has 5 nitrogen and oxygen atoms in total. The number of aromatic nitrogens is 2. The first-order valence-electron chi connectivity index (χ1n) is 7.90. The number of aryl methyl sites for hydroxylation is 1. The molecule has 0 fully saturated rings. The van der Waals surface area contributed by atoms with Crippen molar-refractivity contribution in [3.8, 4) is 11.1 Å². The topological polar surface area (TPSA) is 72.3 Å². The number of carbonyl (C=O) groups is 1. The summed E-state index contributed by atoms with van der Waals surface area (Å²) in [5.74, 6) is -0.936. The van der Waals surface area contributed by atoms with E-state index in [0.717, 1.165) is 22.3 Å². The van der Waals surface area contributed by atoms with Crippen LogP contribution in [0.3, 0.4) is 0 Å². The number of carboxylic acids is 1. The van der Waals surface area contributed by atoms with E-state index in [9.17, 15) is 9.90 Å². The van der Waals surface area contributed by atoms with Gasteiger partial charge >= 0.3 is 5.97 Å². The summed E-state index contributed by atoms with van der Waals surface area (Å²) in [5.41, 5.74) is 4.81. The first-order valence-corrected chi connectivity index (χ1v) is 7.90. The van der Waals surface area contributed by atoms with Crippen LogP contribution < -0.4 is 0 Å². The Morgan fingerprint density at radius 1 is 1.00 bits per heavy atom. The molecule has 1 heterocycles. The lowest BCUT2D eigenvalue weighted by Crippen LogP contribution is -2.02. The van der Waals surface area contributed by atoms with E-state index in [4.69, 9.17) is 4.74 Å². The predicted molar refractivity (Wildman–Crippen MR) is 94.1 cm³/mol. The van der Waals surface area contributed by atoms with Gasteiger partial charge in [0.25, 0.3) is 0 Å². The van der Waals surface area contributed by atoms with Crippen LogP contribution in [-0.2, 0) is 18.0 Å². The molecule has 1 aromatic heterocycles. The minimum atomic E-state index is -0.936. The Hall–Kier alpha value is -3.05. The second kappa shape index (κ2) is 7.68. The molecule has 5 heteroatoms. The smallest absolute Gasteiger partial charge is 0.336 e. The number of hydrogen-bond acceptors (Lipinski definition) is 4. The first-order chi connectivity index (χ1) is 12.1. The molecule has 25 heavy (non-hydrogen) atoms. The number of benzene rings is 2. The Kier molecular flexibility index (Phi) is 5.16. The standard InChI is InChI=1S/C20H18N2O3/c1-14-4-2-3-5-17(14)19-10-15(6-7-18(19)20(23)24)12-25-13-16-8-9-21-22-11-16/h2-11H,12-13H2,1H3,(H,23,24). The fourth-order valence-corrected chi connectivity index (χ4v) is 2.66. The van der Waals surface area contributed by atoms with E-state index in [1.807, 2.05) is 43.3 Å². The molecule has 0 bridgehead atoms. The van der Waals surface area contributed by atoms with Crippen molar-refractivity contribution >= 4 is 5.97 Å². The van der Waals surface area contributed by atoms with Crippen LogP contribution in [0.25, 0.3) is 11.1 Å². The predicted octanol–water partition coefficient (Wildman–Crippen LogP) is 3.87. The molecule has 0 aliphatic heterocycles. The molecule has 0 saturated carbocycles. The number of hydrogen-bond donors (Lipinski definition) is 1. The molecule has 0 radical (unpaired) electrons. The van der Waals surface area contributed by atoms with Gasteiger partial charge in [-0.1, -0.05) is 30.3 Å². The number of nitrogens with zero attached hydrogens (tertiary/aromatic N) is 2. The molecular weight excluding hydrogens is 316 g/mol. The Bertz CT molecular complexity index is 879. The molecule has 0 aliphatic carbocycles. The number of aromatic carboxylic acids is 1. The summed E-state index contributed by atoms with van der Waals surface area (Å²) in [6, 6.07) is 14.9. The molecule has 0 amide bonds. The second-order valence-corrected chi connectivity index (χ2v) is 5.74. The lowest BCUT2D eigenvalue weighted by atomic mass is 9.94. The third-order valence-corrected chi connectivity index (χ3v) is 3.93. The van der Waals surface area contributed by atoms with E-state index in [2.05, 4.69) is 10.2 Å². The zero-order valence-corrected chi connectivity index (χ0v) is 13.8. The van der Waals surface area contributed by atoms with E-state index in [0.29, 0.717) is 18.8 Å². The fourth-order valence-electron chi connectivity index (χ4n) is 2.66. The van der Waals surface area contributed by atoms with E-state index in [1.54, 1.807) is 24.5 Å². The zero-order chi connectivity index (χ0) is 17.6. The molecule has 3 rings (SSSR count). The van der Waals surface area contributed by atoms with Crippen molar-refractivity contribution < 1.29 is 14.6 Å². The van der Waals surface area contributed by atoms with Gasteiger partial charge in [0.15, 0.2) is 0 Å². The van der Waals surface area contributed by atoms with Crippen molar-refractivity contribution in [3.63, 3.8) is 0 Å². The van der Waals surface area contributed by atoms with Crippen LogP contribution in [-0.4, -0.2) is 21.3 Å². The van der Waals surface area contributed by atoms with Crippen molar-refractivity contribution in [2.75, 3.05) is 0 Å². The lowest BCUT2D eigenvalue weighted by Gasteiger charge is -2.12. The highest BCUT2D eigenvalue weighted by Crippen LogP contribution is 2.28. The minimum absolute atomic E-state index is 0.288. The Balaban J connectivity index is 1.83. The average molecular weight is 334 g/mol. The summed E-state index contributed by atoms with van der Waals surface area (Å²) >= 11 is 0. The highest BCUT2D eigenvalue weighted by molar-refractivity contribution is 5.96. The largest absolute Gasteiger partial charge is 0.478 e. The summed E-state index contributed by atoms with van der Waals surface area (Å²) in [6.07, 6.45) is 3.28. The Morgan fingerprint density at radius 3 is 2.52 bits per heavy atom. The van der Waals surface area contributed by atoms with Crippen molar-refractivity contribution in [2.24, 2.45) is 0 Å². The highest BCUT2D eigenvalue weighted by Gasteiger charge is 2.14. The van der Waals surface area contributed by atoms with Crippen LogP contribution in [0, 0.1) is 6.92 Å². The molecule has 126 valence electrons. The maximum Gasteiger partial charge on any atom is 0.336 e. The van der Waals surface area contributed by atoms with Crippen molar-refractivity contribution in [1.29, 1.82) is 0 Å². The maximum atomic E-state index is 11.6. The normalized spacial score (nSPS) is 10.6. The second-order valence-electron chi connectivity index (χ2n) is 5.74. The van der Waals surface area contributed by atoms with E-state index in [1.165, 1.54) is 0 Å². The molecule has 3 aromatic rings. The van der Waals surface area contributed by atoms with Gasteiger partial charge in [-0.2, -0.15) is 10.2 Å². The van der Waals surface area contributed by atoms with Gasteiger partial charge in [-0.3, -0.25) is 0 Å². The number of carboxylic acid groups (broad SMARTS) is 1. The van der Waals surface area contributed by atoms with E-state index >= 15 is 0 Å². The molecule has 2 aromatic carbocycles. The van der Waals surface area contributed by atoms with Gasteiger partial charge in [-0.05, 0) is 52.9 Å². The third kappa shape index (κ3) is 4.08. The van der Waals surface area contributed by atoms with Gasteiger partial charge in [0, 0.05) is 6.20 Å². The average Bonchev–Trinajstić information content (AvgIpc) is 2.63. The molecule has 0 unspecified atom stereocenters. The fraction of sp³-hybridized carbons (Fsp3) is 0.150. The summed E-state index contributed by atoms with van der Waals surface area (Å²) in [4.78, 5) is 11.6. The molecule has 0 spiro atoms. The van der Waals surface area contributed by atoms with Crippen molar-refractivity contribution in [1.82, 2.24) is 10.2 Å². The van der Waals surface area contributed by atoms with Crippen LogP contribution in [0.2, 0.25) is 0 Å². The number of rotatable bonds is 6. The molecule has 0 saturated heterocycles. The van der Waals surface area contributed by atoms with Gasteiger partial charge in [-0.25, -0.2) is 4.79 Å². The SMILES string of the molecule is Cc1ccccc1-c1cc(COCc2ccnnc2)ccc1C(=O)O. The van der Waals surface area contributed by atoms with Crippen LogP contribution in [0.1, 0.15) is 27.0 Å². The molecule has 1 N–H and O–H groups in total. The van der Waals surface area contributed by atoms with Crippen LogP contribution >= 0.6 is 0 Å². The summed E-state index contributed by atoms with van der Waals surface area (Å²) in [5, 5.41) is 17.0. The Morgan fingerprint density at radius 2 is 1.80 bits per heavy atom. The van der Waals surface area contributed by atoms with E-state index < -0.39 is 5.97 Å². The summed E-state index contributed by atoms with van der Waals surface area (Å²) in [6.45, 7) is 2.79. The van der Waals surface area contributed by atoms with Crippen LogP contribution in [0.15, 0.2) is 60.9 Å². The zero-order valence-electron chi connectivity index (χ0n) is 13.8. The minimum Gasteiger partial charge on any atom is -0.478 e. The van der Waals surface area contributed by atoms with Gasteiger partial charge in [0.2, 0.25) is 0 Å². The van der Waals surface area contributed by atoms with E-state index in [-0.39, 0.29) is 5.56 Å². The van der Waals surface area contributed by atoms with Crippen LogP contribution in [0.5, 0.6) is 0 Å². The van der Waals surface area contributed by atoms with Gasteiger partial charge in [0.05, 0.1) is 25.0 Å². The van der Waals surface area contributed by atoms with Gasteiger partial charge in [-0.15, -0.1) is 0 Å². The summed E-state index contributed by atoms with van der Waals surface area (Å²) in [7, 11) is 0. The third-order valence-electron chi connectivity index (χ3n) is 3.93. The van der Waals surface area contributed by atoms with Crippen LogP contribution in [0.4, 0.5) is 0 Å². The quantitative estimate of drug-likeness (QED) is 0.741. The van der Waals surface area contributed by atoms with Gasteiger partial charge in [0.1, 0.15) is 0 Å². The highest BCUT2D eigenvalue weighted by atomic mass is 16.5. The van der Waals surface area contributed by atoms with Gasteiger partial charge < -0.3 is 9.84 Å². The number of ether oxygens (including phenoxy) is 1. The molecular formula is C20H18N2O3. The molecule has 0 atom stereocenters. The maximum absolute atomic E-state index is 11.6. The van der Waals surface area contributed by atoms with Crippen molar-refractivity contribution in [2.45, 2.75) is 20.1 Å². The molecule has 0 aliphatic rings. The first kappa shape index (κ1) is 16.8. The Labute approximate surface area is 145 Å². The lowest BCUT2D eigenvalue weighted by molar-refractivity contribution is 0.0697. The summed E-state index contributed by atoms with van der Waals surface area (Å²) < 4.78 is 5.71.